The third-order valence-electron chi connectivity index (χ3n) is 4.80. The zero-order chi connectivity index (χ0) is 19.6. The number of hydrogen-bond donors (Lipinski definition) is 1. The standard InChI is InChI=1S/C21H19N5O2S/c27-20-16(14-22-25-10-12-28-13-11-25)19(15-6-2-1-3-7-15)24-26(20)21-23-17-8-4-5-9-18(17)29-21/h1-9,14,24H,10-13H2. The number of benzene rings is 2. The van der Waals surface area contributed by atoms with Crippen molar-refractivity contribution < 1.29 is 4.74 Å². The molecule has 2 aromatic carbocycles. The molecule has 1 N–H and O–H groups in total. The maximum Gasteiger partial charge on any atom is 0.282 e. The van der Waals surface area contributed by atoms with Crippen LogP contribution in [0.25, 0.3) is 26.6 Å². The van der Waals surface area contributed by atoms with E-state index in [1.807, 2.05) is 59.6 Å². The van der Waals surface area contributed by atoms with Crippen LogP contribution < -0.4 is 5.56 Å². The van der Waals surface area contributed by atoms with Crippen LogP contribution in [-0.2, 0) is 4.74 Å². The molecule has 1 aliphatic heterocycles. The van der Waals surface area contributed by atoms with Gasteiger partial charge in [0, 0.05) is 5.56 Å². The Balaban J connectivity index is 1.62. The van der Waals surface area contributed by atoms with E-state index in [4.69, 9.17) is 4.74 Å². The van der Waals surface area contributed by atoms with E-state index < -0.39 is 0 Å². The highest BCUT2D eigenvalue weighted by atomic mass is 32.1. The molecule has 4 aromatic rings. The van der Waals surface area contributed by atoms with E-state index >= 15 is 0 Å². The van der Waals surface area contributed by atoms with Crippen LogP contribution in [0.2, 0.25) is 0 Å². The summed E-state index contributed by atoms with van der Waals surface area (Å²) in [6.45, 7) is 2.72. The summed E-state index contributed by atoms with van der Waals surface area (Å²) in [5.41, 5.74) is 2.88. The molecular formula is C21H19N5O2S. The summed E-state index contributed by atoms with van der Waals surface area (Å²) < 4.78 is 7.91. The Hall–Kier alpha value is -3.23. The third-order valence-corrected chi connectivity index (χ3v) is 5.82. The zero-order valence-corrected chi connectivity index (χ0v) is 16.4. The van der Waals surface area contributed by atoms with E-state index in [-0.39, 0.29) is 5.56 Å². The highest BCUT2D eigenvalue weighted by Gasteiger charge is 2.18. The van der Waals surface area contributed by atoms with Crippen molar-refractivity contribution in [2.45, 2.75) is 0 Å². The Morgan fingerprint density at radius 1 is 1.07 bits per heavy atom. The fraction of sp³-hybridized carbons (Fsp3) is 0.190. The van der Waals surface area contributed by atoms with Gasteiger partial charge in [-0.05, 0) is 12.1 Å². The fourth-order valence-electron chi connectivity index (χ4n) is 3.29. The molecule has 0 atom stereocenters. The first-order chi connectivity index (χ1) is 14.3. The van der Waals surface area contributed by atoms with Crippen molar-refractivity contribution in [3.05, 3.63) is 70.5 Å². The number of morpholine rings is 1. The van der Waals surface area contributed by atoms with Crippen LogP contribution in [-0.4, -0.2) is 52.3 Å². The van der Waals surface area contributed by atoms with Crippen LogP contribution >= 0.6 is 11.3 Å². The molecule has 1 aliphatic rings. The second kappa shape index (κ2) is 7.65. The van der Waals surface area contributed by atoms with Gasteiger partial charge in [0.15, 0.2) is 0 Å². The Bertz CT molecular complexity index is 1190. The van der Waals surface area contributed by atoms with Crippen molar-refractivity contribution in [2.24, 2.45) is 5.10 Å². The minimum absolute atomic E-state index is 0.167. The number of rotatable bonds is 4. The van der Waals surface area contributed by atoms with Crippen LogP contribution in [0.1, 0.15) is 5.56 Å². The maximum absolute atomic E-state index is 13.3. The van der Waals surface area contributed by atoms with Gasteiger partial charge in [0.25, 0.3) is 5.56 Å². The van der Waals surface area contributed by atoms with Crippen LogP contribution in [0.5, 0.6) is 0 Å². The van der Waals surface area contributed by atoms with Gasteiger partial charge in [-0.3, -0.25) is 14.9 Å². The van der Waals surface area contributed by atoms with E-state index in [1.54, 1.807) is 6.21 Å². The van der Waals surface area contributed by atoms with Crippen molar-refractivity contribution in [3.8, 4) is 16.4 Å². The molecule has 1 fully saturated rings. The number of fused-ring (bicyclic) bond motifs is 1. The summed E-state index contributed by atoms with van der Waals surface area (Å²) in [7, 11) is 0. The number of aromatic amines is 1. The molecule has 0 aliphatic carbocycles. The highest BCUT2D eigenvalue weighted by molar-refractivity contribution is 7.20. The molecule has 0 radical (unpaired) electrons. The number of para-hydroxylation sites is 1. The highest BCUT2D eigenvalue weighted by Crippen LogP contribution is 2.25. The van der Waals surface area contributed by atoms with E-state index in [1.165, 1.54) is 16.0 Å². The van der Waals surface area contributed by atoms with Gasteiger partial charge in [-0.15, -0.1) is 0 Å². The summed E-state index contributed by atoms with van der Waals surface area (Å²) in [5, 5.41) is 10.3. The molecule has 8 heteroatoms. The van der Waals surface area contributed by atoms with E-state index in [0.29, 0.717) is 37.0 Å². The third kappa shape index (κ3) is 3.48. The average Bonchev–Trinajstić information content (AvgIpc) is 3.34. The lowest BCUT2D eigenvalue weighted by Gasteiger charge is -2.23. The monoisotopic (exact) mass is 405 g/mol. The fourth-order valence-corrected chi connectivity index (χ4v) is 4.22. The number of thiazole rings is 1. The van der Waals surface area contributed by atoms with Gasteiger partial charge in [0.1, 0.15) is 0 Å². The molecule has 0 bridgehead atoms. The Kier molecular flexibility index (Phi) is 4.71. The van der Waals surface area contributed by atoms with Crippen LogP contribution in [0.3, 0.4) is 0 Å². The van der Waals surface area contributed by atoms with Gasteiger partial charge in [0.05, 0.1) is 54.0 Å². The lowest BCUT2D eigenvalue weighted by atomic mass is 10.1. The predicted molar refractivity (Wildman–Crippen MR) is 115 cm³/mol. The quantitative estimate of drug-likeness (QED) is 0.530. The lowest BCUT2D eigenvalue weighted by Crippen LogP contribution is -2.32. The van der Waals surface area contributed by atoms with Gasteiger partial charge >= 0.3 is 0 Å². The van der Waals surface area contributed by atoms with Gasteiger partial charge in [-0.2, -0.15) is 9.78 Å². The Morgan fingerprint density at radius 2 is 1.83 bits per heavy atom. The van der Waals surface area contributed by atoms with Gasteiger partial charge in [-0.25, -0.2) is 4.98 Å². The smallest absolute Gasteiger partial charge is 0.282 e. The first-order valence-electron chi connectivity index (χ1n) is 9.43. The number of H-pyrrole nitrogens is 1. The molecule has 0 amide bonds. The average molecular weight is 405 g/mol. The van der Waals surface area contributed by atoms with Crippen molar-refractivity contribution >= 4 is 27.8 Å². The molecule has 5 rings (SSSR count). The summed E-state index contributed by atoms with van der Waals surface area (Å²) >= 11 is 1.48. The van der Waals surface area contributed by atoms with E-state index in [9.17, 15) is 4.79 Å². The van der Waals surface area contributed by atoms with Crippen LogP contribution in [0, 0.1) is 0 Å². The molecule has 0 saturated carbocycles. The molecule has 0 unspecified atom stereocenters. The minimum atomic E-state index is -0.167. The largest absolute Gasteiger partial charge is 0.378 e. The molecule has 29 heavy (non-hydrogen) atoms. The molecule has 2 aromatic heterocycles. The molecule has 7 nitrogen and oxygen atoms in total. The zero-order valence-electron chi connectivity index (χ0n) is 15.6. The maximum atomic E-state index is 13.3. The van der Waals surface area contributed by atoms with Crippen molar-refractivity contribution in [3.63, 3.8) is 0 Å². The molecule has 3 heterocycles. The first kappa shape index (κ1) is 17.8. The van der Waals surface area contributed by atoms with Gasteiger partial charge < -0.3 is 4.74 Å². The molecule has 146 valence electrons. The summed E-state index contributed by atoms with van der Waals surface area (Å²) in [4.78, 5) is 17.9. The number of hydrazone groups is 1. The number of ether oxygens (including phenoxy) is 1. The van der Waals surface area contributed by atoms with Crippen LogP contribution in [0.15, 0.2) is 64.5 Å². The number of nitrogens with one attached hydrogen (secondary N) is 1. The molecule has 1 saturated heterocycles. The molecule has 0 spiro atoms. The topological polar surface area (TPSA) is 75.5 Å². The normalized spacial score (nSPS) is 14.8. The number of aromatic nitrogens is 3. The lowest BCUT2D eigenvalue weighted by molar-refractivity contribution is 0.0397. The van der Waals surface area contributed by atoms with Gasteiger partial charge in [-0.1, -0.05) is 53.8 Å². The second-order valence-corrected chi connectivity index (χ2v) is 7.69. The second-order valence-electron chi connectivity index (χ2n) is 6.68. The van der Waals surface area contributed by atoms with Gasteiger partial charge in [0.2, 0.25) is 5.13 Å². The molecular weight excluding hydrogens is 386 g/mol. The minimum Gasteiger partial charge on any atom is -0.378 e. The Labute approximate surface area is 170 Å². The van der Waals surface area contributed by atoms with Crippen molar-refractivity contribution in [1.29, 1.82) is 0 Å². The first-order valence-corrected chi connectivity index (χ1v) is 10.2. The summed E-state index contributed by atoms with van der Waals surface area (Å²) in [6, 6.07) is 17.7. The van der Waals surface area contributed by atoms with Crippen molar-refractivity contribution in [2.75, 3.05) is 26.3 Å². The van der Waals surface area contributed by atoms with E-state index in [2.05, 4.69) is 15.2 Å². The Morgan fingerprint density at radius 3 is 2.62 bits per heavy atom. The SMILES string of the molecule is O=c1c(C=NN2CCOCC2)c(-c2ccccc2)[nH]n1-c1nc2ccccc2s1. The summed E-state index contributed by atoms with van der Waals surface area (Å²) in [5.74, 6) is 0. The van der Waals surface area contributed by atoms with Crippen molar-refractivity contribution in [1.82, 2.24) is 19.8 Å². The van der Waals surface area contributed by atoms with Crippen LogP contribution in [0.4, 0.5) is 0 Å². The predicted octanol–water partition coefficient (Wildman–Crippen LogP) is 3.11. The summed E-state index contributed by atoms with van der Waals surface area (Å²) in [6.07, 6.45) is 1.65. The van der Waals surface area contributed by atoms with E-state index in [0.717, 1.165) is 21.5 Å². The number of nitrogens with zero attached hydrogens (tertiary/aromatic N) is 4. The number of hydrogen-bond acceptors (Lipinski definition) is 6.